The van der Waals surface area contributed by atoms with Crippen LogP contribution in [0, 0.1) is 19.7 Å². The molecular weight excluding hydrogens is 495 g/mol. The molecule has 1 aliphatic heterocycles. The van der Waals surface area contributed by atoms with Gasteiger partial charge in [0.1, 0.15) is 5.82 Å². The van der Waals surface area contributed by atoms with E-state index in [1.807, 2.05) is 47.7 Å². The molecule has 2 heterocycles. The van der Waals surface area contributed by atoms with E-state index in [0.717, 1.165) is 21.4 Å². The number of carbonyl (C=O) groups excluding carboxylic acids is 1. The maximum Gasteiger partial charge on any atom is 0.253 e. The summed E-state index contributed by atoms with van der Waals surface area (Å²) in [6.45, 7) is 7.59. The molecule has 1 amide bonds. The number of piperazine rings is 1. The average molecular weight is 520 g/mol. The molecule has 32 heavy (non-hydrogen) atoms. The van der Waals surface area contributed by atoms with Gasteiger partial charge in [-0.1, -0.05) is 29.8 Å². The summed E-state index contributed by atoms with van der Waals surface area (Å²) < 4.78 is 17.0. The van der Waals surface area contributed by atoms with Crippen LogP contribution >= 0.6 is 27.5 Å². The van der Waals surface area contributed by atoms with Gasteiger partial charge in [-0.2, -0.15) is 5.10 Å². The lowest BCUT2D eigenvalue weighted by Crippen LogP contribution is -2.48. The topological polar surface area (TPSA) is 41.4 Å². The highest BCUT2D eigenvalue weighted by Gasteiger charge is 2.23. The molecule has 2 aromatic carbocycles. The second kappa shape index (κ2) is 9.73. The van der Waals surface area contributed by atoms with Crippen molar-refractivity contribution in [3.8, 4) is 0 Å². The lowest BCUT2D eigenvalue weighted by molar-refractivity contribution is 0.0627. The second-order valence-electron chi connectivity index (χ2n) is 8.11. The molecule has 8 heteroatoms. The van der Waals surface area contributed by atoms with Crippen LogP contribution in [-0.2, 0) is 13.1 Å². The minimum Gasteiger partial charge on any atom is -0.336 e. The number of carbonyl (C=O) groups is 1. The van der Waals surface area contributed by atoms with Crippen molar-refractivity contribution in [2.24, 2.45) is 0 Å². The van der Waals surface area contributed by atoms with Crippen LogP contribution in [0.15, 0.2) is 46.9 Å². The van der Waals surface area contributed by atoms with Crippen LogP contribution in [0.25, 0.3) is 0 Å². The zero-order valence-electron chi connectivity index (χ0n) is 18.1. The van der Waals surface area contributed by atoms with Gasteiger partial charge in [-0.25, -0.2) is 4.39 Å². The quantitative estimate of drug-likeness (QED) is 0.473. The van der Waals surface area contributed by atoms with Gasteiger partial charge in [-0.05, 0) is 59.6 Å². The van der Waals surface area contributed by atoms with Gasteiger partial charge >= 0.3 is 0 Å². The van der Waals surface area contributed by atoms with Crippen molar-refractivity contribution in [1.82, 2.24) is 19.6 Å². The molecule has 0 radical (unpaired) electrons. The third-order valence-corrected chi connectivity index (χ3v) is 7.40. The van der Waals surface area contributed by atoms with Gasteiger partial charge < -0.3 is 4.90 Å². The molecule has 0 unspecified atom stereocenters. The number of aryl methyl sites for hydroxylation is 1. The molecule has 0 atom stereocenters. The summed E-state index contributed by atoms with van der Waals surface area (Å²) in [4.78, 5) is 17.1. The van der Waals surface area contributed by atoms with Crippen molar-refractivity contribution in [2.45, 2.75) is 26.9 Å². The summed E-state index contributed by atoms with van der Waals surface area (Å²) in [7, 11) is 0. The lowest BCUT2D eigenvalue weighted by Gasteiger charge is -2.35. The van der Waals surface area contributed by atoms with Crippen LogP contribution in [0.3, 0.4) is 0 Å². The van der Waals surface area contributed by atoms with E-state index in [4.69, 9.17) is 11.6 Å². The first kappa shape index (κ1) is 23.0. The Labute approximate surface area is 200 Å². The molecular formula is C24H25BrClFN4O. The van der Waals surface area contributed by atoms with Crippen molar-refractivity contribution in [3.05, 3.63) is 85.9 Å². The number of amides is 1. The minimum absolute atomic E-state index is 0.0185. The number of benzene rings is 2. The summed E-state index contributed by atoms with van der Waals surface area (Å²) in [5.41, 5.74) is 4.22. The van der Waals surface area contributed by atoms with Crippen LogP contribution in [0.4, 0.5) is 4.39 Å². The van der Waals surface area contributed by atoms with E-state index in [1.54, 1.807) is 12.1 Å². The molecule has 0 bridgehead atoms. The normalized spacial score (nSPS) is 14.7. The third-order valence-electron chi connectivity index (χ3n) is 5.90. The Morgan fingerprint density at radius 2 is 1.81 bits per heavy atom. The van der Waals surface area contributed by atoms with Gasteiger partial charge in [-0.15, -0.1) is 0 Å². The van der Waals surface area contributed by atoms with Gasteiger partial charge in [0.25, 0.3) is 5.91 Å². The van der Waals surface area contributed by atoms with Crippen LogP contribution in [-0.4, -0.2) is 51.7 Å². The van der Waals surface area contributed by atoms with E-state index in [1.165, 1.54) is 6.07 Å². The summed E-state index contributed by atoms with van der Waals surface area (Å²) in [6, 6.07) is 12.5. The third kappa shape index (κ3) is 4.90. The van der Waals surface area contributed by atoms with E-state index in [0.29, 0.717) is 55.4 Å². The first-order valence-corrected chi connectivity index (χ1v) is 11.7. The molecule has 1 aliphatic rings. The monoisotopic (exact) mass is 518 g/mol. The SMILES string of the molecule is Cc1nn(Cc2cccc(C(=O)N3CCN(Cc4c(F)cccc4Cl)CC3)c2)c(C)c1Br. The molecule has 0 spiro atoms. The zero-order valence-corrected chi connectivity index (χ0v) is 20.5. The van der Waals surface area contributed by atoms with Crippen molar-refractivity contribution in [1.29, 1.82) is 0 Å². The highest BCUT2D eigenvalue weighted by molar-refractivity contribution is 9.10. The predicted molar refractivity (Wildman–Crippen MR) is 128 cm³/mol. The highest BCUT2D eigenvalue weighted by atomic mass is 79.9. The first-order valence-electron chi connectivity index (χ1n) is 10.6. The maximum absolute atomic E-state index is 14.1. The Morgan fingerprint density at radius 3 is 2.47 bits per heavy atom. The highest BCUT2D eigenvalue weighted by Crippen LogP contribution is 2.23. The van der Waals surface area contributed by atoms with E-state index in [2.05, 4.69) is 25.9 Å². The van der Waals surface area contributed by atoms with Crippen LogP contribution < -0.4 is 0 Å². The molecule has 0 saturated carbocycles. The smallest absolute Gasteiger partial charge is 0.253 e. The molecule has 168 valence electrons. The lowest BCUT2D eigenvalue weighted by atomic mass is 10.1. The fourth-order valence-corrected chi connectivity index (χ4v) is 4.51. The molecule has 3 aromatic rings. The standard InChI is InChI=1S/C24H25BrClFN4O/c1-16-23(25)17(2)31(28-16)14-18-5-3-6-19(13-18)24(32)30-11-9-29(10-12-30)15-20-21(26)7-4-8-22(20)27/h3-8,13H,9-12,14-15H2,1-2H3. The largest absolute Gasteiger partial charge is 0.336 e. The Hall–Kier alpha value is -2.22. The maximum atomic E-state index is 14.1. The average Bonchev–Trinajstić information content (AvgIpc) is 3.03. The van der Waals surface area contributed by atoms with Crippen molar-refractivity contribution in [2.75, 3.05) is 26.2 Å². The Balaban J connectivity index is 1.39. The Morgan fingerprint density at radius 1 is 1.09 bits per heavy atom. The number of hydrogen-bond donors (Lipinski definition) is 0. The van der Waals surface area contributed by atoms with Gasteiger partial charge in [0.15, 0.2) is 0 Å². The van der Waals surface area contributed by atoms with Crippen molar-refractivity contribution < 1.29 is 9.18 Å². The van der Waals surface area contributed by atoms with E-state index < -0.39 is 0 Å². The number of halogens is 3. The number of rotatable bonds is 5. The summed E-state index contributed by atoms with van der Waals surface area (Å²) in [6.07, 6.45) is 0. The fourth-order valence-electron chi connectivity index (χ4n) is 4.00. The van der Waals surface area contributed by atoms with E-state index >= 15 is 0 Å². The van der Waals surface area contributed by atoms with Gasteiger partial charge in [0.2, 0.25) is 0 Å². The summed E-state index contributed by atoms with van der Waals surface area (Å²) >= 11 is 9.72. The predicted octanol–water partition coefficient (Wildman–Crippen LogP) is 5.06. The van der Waals surface area contributed by atoms with E-state index in [-0.39, 0.29) is 11.7 Å². The zero-order chi connectivity index (χ0) is 22.8. The Kier molecular flexibility index (Phi) is 6.98. The summed E-state index contributed by atoms with van der Waals surface area (Å²) in [5, 5.41) is 5.00. The van der Waals surface area contributed by atoms with Crippen LogP contribution in [0.2, 0.25) is 5.02 Å². The Bertz CT molecular complexity index is 1120. The number of hydrogen-bond acceptors (Lipinski definition) is 3. The molecule has 5 nitrogen and oxygen atoms in total. The molecule has 1 saturated heterocycles. The molecule has 0 N–H and O–H groups in total. The first-order chi connectivity index (χ1) is 15.3. The van der Waals surface area contributed by atoms with Crippen LogP contribution in [0.5, 0.6) is 0 Å². The second-order valence-corrected chi connectivity index (χ2v) is 9.31. The molecule has 1 fully saturated rings. The van der Waals surface area contributed by atoms with Crippen LogP contribution in [0.1, 0.15) is 32.9 Å². The fraction of sp³-hybridized carbons (Fsp3) is 0.333. The summed E-state index contributed by atoms with van der Waals surface area (Å²) in [5.74, 6) is -0.271. The molecule has 4 rings (SSSR count). The minimum atomic E-state index is -0.289. The molecule has 1 aromatic heterocycles. The van der Waals surface area contributed by atoms with Gasteiger partial charge in [-0.3, -0.25) is 14.4 Å². The number of nitrogens with zero attached hydrogens (tertiary/aromatic N) is 4. The van der Waals surface area contributed by atoms with E-state index in [9.17, 15) is 9.18 Å². The van der Waals surface area contributed by atoms with Crippen molar-refractivity contribution >= 4 is 33.4 Å². The number of aromatic nitrogens is 2. The van der Waals surface area contributed by atoms with Gasteiger partial charge in [0.05, 0.1) is 22.4 Å². The van der Waals surface area contributed by atoms with Gasteiger partial charge in [0, 0.05) is 48.9 Å². The van der Waals surface area contributed by atoms with Crippen molar-refractivity contribution in [3.63, 3.8) is 0 Å². The molecule has 0 aliphatic carbocycles.